The van der Waals surface area contributed by atoms with Crippen LogP contribution in [0.1, 0.15) is 49.7 Å². The number of carbonyl (C=O) groups is 3. The van der Waals surface area contributed by atoms with Gasteiger partial charge in [-0.2, -0.15) is 0 Å². The highest BCUT2D eigenvalue weighted by Gasteiger charge is 2.53. The lowest BCUT2D eigenvalue weighted by molar-refractivity contribution is -0.131. The van der Waals surface area contributed by atoms with Crippen LogP contribution in [-0.4, -0.2) is 52.8 Å². The standard InChI is InChI=1S/C28H35N3O3S/c1-20(32)31-17-14-24(15-18-31)28(29,23-12-13-23)27(34)35-19-16-30-26(33)25(21-8-4-2-5-9-21)22-10-6-3-7-11-22/h2-11,23-25H,12-19,29H2,1H3,(H,30,33). The van der Waals surface area contributed by atoms with Gasteiger partial charge < -0.3 is 16.0 Å². The molecule has 1 saturated heterocycles. The average Bonchev–Trinajstić information content (AvgIpc) is 3.74. The first kappa shape index (κ1) is 25.5. The summed E-state index contributed by atoms with van der Waals surface area (Å²) in [4.78, 5) is 40.0. The van der Waals surface area contributed by atoms with E-state index in [1.165, 1.54) is 11.8 Å². The molecule has 4 rings (SSSR count). The number of amides is 2. The van der Waals surface area contributed by atoms with Gasteiger partial charge >= 0.3 is 0 Å². The number of carbonyl (C=O) groups excluding carboxylic acids is 3. The van der Waals surface area contributed by atoms with Crippen molar-refractivity contribution in [2.24, 2.45) is 17.6 Å². The van der Waals surface area contributed by atoms with E-state index in [1.54, 1.807) is 6.92 Å². The maximum absolute atomic E-state index is 13.3. The smallest absolute Gasteiger partial charge is 0.232 e. The number of thioether (sulfide) groups is 1. The van der Waals surface area contributed by atoms with Gasteiger partial charge in [0.1, 0.15) is 0 Å². The monoisotopic (exact) mass is 493 g/mol. The normalized spacial score (nSPS) is 18.2. The Hall–Kier alpha value is -2.64. The lowest BCUT2D eigenvalue weighted by Crippen LogP contribution is -2.58. The van der Waals surface area contributed by atoms with E-state index in [-0.39, 0.29) is 28.8 Å². The van der Waals surface area contributed by atoms with Crippen molar-refractivity contribution in [3.05, 3.63) is 71.8 Å². The van der Waals surface area contributed by atoms with E-state index in [0.717, 1.165) is 36.8 Å². The largest absolute Gasteiger partial charge is 0.354 e. The molecule has 0 spiro atoms. The second kappa shape index (κ2) is 11.4. The van der Waals surface area contributed by atoms with Crippen LogP contribution in [-0.2, 0) is 14.4 Å². The van der Waals surface area contributed by atoms with Crippen LogP contribution in [0.15, 0.2) is 60.7 Å². The van der Waals surface area contributed by atoms with Crippen molar-refractivity contribution in [2.75, 3.05) is 25.4 Å². The molecule has 0 aromatic heterocycles. The quantitative estimate of drug-likeness (QED) is 0.521. The Kier molecular flexibility index (Phi) is 8.29. The highest BCUT2D eigenvalue weighted by Crippen LogP contribution is 2.47. The molecule has 186 valence electrons. The summed E-state index contributed by atoms with van der Waals surface area (Å²) >= 11 is 1.24. The molecule has 1 unspecified atom stereocenters. The van der Waals surface area contributed by atoms with Gasteiger partial charge in [-0.05, 0) is 48.6 Å². The average molecular weight is 494 g/mol. The van der Waals surface area contributed by atoms with E-state index in [0.29, 0.717) is 25.4 Å². The van der Waals surface area contributed by atoms with Gasteiger partial charge in [0.05, 0.1) is 11.5 Å². The minimum absolute atomic E-state index is 0.0261. The summed E-state index contributed by atoms with van der Waals surface area (Å²) in [6.07, 6.45) is 3.52. The SMILES string of the molecule is CC(=O)N1CCC(C(N)(C(=O)SCCNC(=O)C(c2ccccc2)c2ccccc2)C2CC2)CC1. The van der Waals surface area contributed by atoms with E-state index in [2.05, 4.69) is 5.32 Å². The van der Waals surface area contributed by atoms with Gasteiger partial charge in [-0.15, -0.1) is 0 Å². The van der Waals surface area contributed by atoms with E-state index in [4.69, 9.17) is 5.73 Å². The number of hydrogen-bond acceptors (Lipinski definition) is 5. The van der Waals surface area contributed by atoms with Crippen LogP contribution >= 0.6 is 11.8 Å². The molecule has 1 aliphatic carbocycles. The minimum Gasteiger partial charge on any atom is -0.354 e. The number of rotatable bonds is 9. The first-order valence-electron chi connectivity index (χ1n) is 12.5. The van der Waals surface area contributed by atoms with Crippen molar-refractivity contribution in [3.8, 4) is 0 Å². The number of hydrogen-bond donors (Lipinski definition) is 2. The van der Waals surface area contributed by atoms with Crippen LogP contribution in [0.5, 0.6) is 0 Å². The van der Waals surface area contributed by atoms with E-state index >= 15 is 0 Å². The molecule has 0 bridgehead atoms. The Balaban J connectivity index is 1.33. The van der Waals surface area contributed by atoms with Crippen molar-refractivity contribution < 1.29 is 14.4 Å². The van der Waals surface area contributed by atoms with Crippen molar-refractivity contribution in [2.45, 2.75) is 44.1 Å². The number of piperidine rings is 1. The Morgan fingerprint density at radius 3 is 1.94 bits per heavy atom. The molecule has 2 aromatic rings. The van der Waals surface area contributed by atoms with Crippen LogP contribution in [0, 0.1) is 11.8 Å². The van der Waals surface area contributed by atoms with Crippen molar-refractivity contribution in [1.82, 2.24) is 10.2 Å². The number of likely N-dealkylation sites (tertiary alicyclic amines) is 1. The second-order valence-corrected chi connectivity index (χ2v) is 10.7. The number of nitrogens with zero attached hydrogens (tertiary/aromatic N) is 1. The topological polar surface area (TPSA) is 92.5 Å². The minimum atomic E-state index is -0.839. The van der Waals surface area contributed by atoms with E-state index in [9.17, 15) is 14.4 Å². The van der Waals surface area contributed by atoms with Crippen LogP contribution in [0.2, 0.25) is 0 Å². The molecular weight excluding hydrogens is 458 g/mol. The fourth-order valence-electron chi connectivity index (χ4n) is 5.23. The lowest BCUT2D eigenvalue weighted by Gasteiger charge is -2.41. The Morgan fingerprint density at radius 1 is 0.943 bits per heavy atom. The van der Waals surface area contributed by atoms with Gasteiger partial charge in [-0.1, -0.05) is 72.4 Å². The lowest BCUT2D eigenvalue weighted by atomic mass is 9.76. The second-order valence-electron chi connectivity index (χ2n) is 9.67. The third-order valence-electron chi connectivity index (χ3n) is 7.38. The maximum Gasteiger partial charge on any atom is 0.232 e. The Bertz CT molecular complexity index is 981. The highest BCUT2D eigenvalue weighted by molar-refractivity contribution is 8.13. The number of benzene rings is 2. The summed E-state index contributed by atoms with van der Waals surface area (Å²) in [6, 6.07) is 19.5. The maximum atomic E-state index is 13.3. The molecule has 6 nitrogen and oxygen atoms in total. The van der Waals surface area contributed by atoms with E-state index < -0.39 is 11.5 Å². The molecule has 1 aliphatic heterocycles. The predicted octanol–water partition coefficient (Wildman–Crippen LogP) is 3.56. The Morgan fingerprint density at radius 2 is 1.46 bits per heavy atom. The molecule has 2 aliphatic rings. The summed E-state index contributed by atoms with van der Waals surface area (Å²) in [5, 5.41) is 3.06. The fourth-order valence-corrected chi connectivity index (χ4v) is 6.20. The van der Waals surface area contributed by atoms with Crippen LogP contribution in [0.3, 0.4) is 0 Å². The molecular formula is C28H35N3O3S. The molecule has 2 aromatic carbocycles. The van der Waals surface area contributed by atoms with Gasteiger partial charge in [-0.25, -0.2) is 0 Å². The number of nitrogens with one attached hydrogen (secondary N) is 1. The molecule has 7 heteroatoms. The summed E-state index contributed by atoms with van der Waals surface area (Å²) in [5.41, 5.74) is 7.86. The third kappa shape index (κ3) is 5.96. The number of nitrogens with two attached hydrogens (primary N) is 1. The molecule has 3 N–H and O–H groups in total. The highest BCUT2D eigenvalue weighted by atomic mass is 32.2. The van der Waals surface area contributed by atoms with Crippen LogP contribution < -0.4 is 11.1 Å². The van der Waals surface area contributed by atoms with Gasteiger partial charge in [0.2, 0.25) is 16.9 Å². The predicted molar refractivity (Wildman–Crippen MR) is 140 cm³/mol. The van der Waals surface area contributed by atoms with Crippen molar-refractivity contribution >= 4 is 28.7 Å². The molecule has 1 saturated carbocycles. The van der Waals surface area contributed by atoms with Crippen LogP contribution in [0.25, 0.3) is 0 Å². The zero-order valence-electron chi connectivity index (χ0n) is 20.3. The fraction of sp³-hybridized carbons (Fsp3) is 0.464. The van der Waals surface area contributed by atoms with Gasteiger partial charge in [0.15, 0.2) is 0 Å². The van der Waals surface area contributed by atoms with Gasteiger partial charge in [-0.3, -0.25) is 14.4 Å². The van der Waals surface area contributed by atoms with E-state index in [1.807, 2.05) is 65.6 Å². The summed E-state index contributed by atoms with van der Waals surface area (Å²) in [7, 11) is 0. The molecule has 2 amide bonds. The molecule has 2 fully saturated rings. The molecule has 1 atom stereocenters. The van der Waals surface area contributed by atoms with Crippen molar-refractivity contribution in [1.29, 1.82) is 0 Å². The first-order chi connectivity index (χ1) is 16.9. The zero-order valence-corrected chi connectivity index (χ0v) is 21.1. The summed E-state index contributed by atoms with van der Waals surface area (Å²) in [6.45, 7) is 3.32. The van der Waals surface area contributed by atoms with Crippen LogP contribution in [0.4, 0.5) is 0 Å². The first-order valence-corrected chi connectivity index (χ1v) is 13.5. The molecule has 0 radical (unpaired) electrons. The van der Waals surface area contributed by atoms with Gasteiger partial charge in [0, 0.05) is 32.3 Å². The molecule has 35 heavy (non-hydrogen) atoms. The zero-order chi connectivity index (χ0) is 24.8. The summed E-state index contributed by atoms with van der Waals surface area (Å²) in [5.74, 6) is 0.419. The van der Waals surface area contributed by atoms with Gasteiger partial charge in [0.25, 0.3) is 0 Å². The van der Waals surface area contributed by atoms with Crippen molar-refractivity contribution in [3.63, 3.8) is 0 Å². The summed E-state index contributed by atoms with van der Waals surface area (Å²) < 4.78 is 0. The Labute approximate surface area is 212 Å². The molecule has 1 heterocycles. The third-order valence-corrected chi connectivity index (χ3v) is 8.41.